The second kappa shape index (κ2) is 4.82. The summed E-state index contributed by atoms with van der Waals surface area (Å²) < 4.78 is 0. The fourth-order valence-corrected chi connectivity index (χ4v) is 1.90. The fourth-order valence-electron chi connectivity index (χ4n) is 1.90. The maximum absolute atomic E-state index is 11.4. The predicted molar refractivity (Wildman–Crippen MR) is 60.1 cm³/mol. The lowest BCUT2D eigenvalue weighted by molar-refractivity contribution is -0.147. The summed E-state index contributed by atoms with van der Waals surface area (Å²) in [6.45, 7) is 3.73. The van der Waals surface area contributed by atoms with E-state index >= 15 is 0 Å². The zero-order valence-corrected chi connectivity index (χ0v) is 10.2. The van der Waals surface area contributed by atoms with Crippen LogP contribution < -0.4 is 0 Å². The van der Waals surface area contributed by atoms with Gasteiger partial charge in [-0.05, 0) is 19.9 Å². The van der Waals surface area contributed by atoms with Crippen molar-refractivity contribution in [3.8, 4) is 0 Å². The van der Waals surface area contributed by atoms with Crippen LogP contribution in [-0.2, 0) is 9.59 Å². The number of carbonyl (C=O) groups is 2. The van der Waals surface area contributed by atoms with Gasteiger partial charge in [0, 0.05) is 33.6 Å². The molecule has 0 aromatic carbocycles. The van der Waals surface area contributed by atoms with Gasteiger partial charge in [0.2, 0.25) is 5.91 Å². The molecular weight excluding hydrogens is 208 g/mol. The number of amides is 1. The van der Waals surface area contributed by atoms with Gasteiger partial charge in [-0.15, -0.1) is 0 Å². The Morgan fingerprint density at radius 3 is 2.50 bits per heavy atom. The van der Waals surface area contributed by atoms with Gasteiger partial charge in [-0.1, -0.05) is 0 Å². The molecule has 16 heavy (non-hydrogen) atoms. The van der Waals surface area contributed by atoms with Gasteiger partial charge in [0.25, 0.3) is 0 Å². The normalized spacial score (nSPS) is 25.7. The average Bonchev–Trinajstić information content (AvgIpc) is 2.58. The topological polar surface area (TPSA) is 60.9 Å². The predicted octanol–water partition coefficient (Wildman–Crippen LogP) is 0.261. The van der Waals surface area contributed by atoms with E-state index in [1.807, 2.05) is 0 Å². The highest BCUT2D eigenvalue weighted by atomic mass is 16.4. The monoisotopic (exact) mass is 228 g/mol. The number of rotatable bonds is 4. The first kappa shape index (κ1) is 13.0. The molecule has 92 valence electrons. The van der Waals surface area contributed by atoms with Crippen LogP contribution in [-0.4, -0.2) is 60.5 Å². The Morgan fingerprint density at radius 2 is 2.06 bits per heavy atom. The number of hydrogen-bond donors (Lipinski definition) is 1. The zero-order valence-electron chi connectivity index (χ0n) is 10.2. The van der Waals surface area contributed by atoms with Crippen molar-refractivity contribution in [1.82, 2.24) is 9.80 Å². The molecule has 0 aromatic heterocycles. The Morgan fingerprint density at radius 1 is 1.44 bits per heavy atom. The molecule has 0 bridgehead atoms. The van der Waals surface area contributed by atoms with Crippen molar-refractivity contribution < 1.29 is 14.7 Å². The molecule has 1 saturated heterocycles. The quantitative estimate of drug-likeness (QED) is 0.750. The fraction of sp³-hybridized carbons (Fsp3) is 0.818. The first-order valence-corrected chi connectivity index (χ1v) is 5.51. The highest BCUT2D eigenvalue weighted by Gasteiger charge is 2.40. The van der Waals surface area contributed by atoms with Crippen molar-refractivity contribution in [3.05, 3.63) is 0 Å². The van der Waals surface area contributed by atoms with Crippen LogP contribution in [0, 0.1) is 5.41 Å². The van der Waals surface area contributed by atoms with E-state index in [1.165, 1.54) is 0 Å². The second-order valence-electron chi connectivity index (χ2n) is 4.93. The maximum atomic E-state index is 11.4. The number of aliphatic carboxylic acids is 1. The van der Waals surface area contributed by atoms with Crippen molar-refractivity contribution in [2.75, 3.05) is 33.7 Å². The van der Waals surface area contributed by atoms with Gasteiger partial charge in [-0.2, -0.15) is 0 Å². The molecule has 0 saturated carbocycles. The van der Waals surface area contributed by atoms with Crippen molar-refractivity contribution >= 4 is 11.9 Å². The summed E-state index contributed by atoms with van der Waals surface area (Å²) in [6, 6.07) is 0. The number of carbonyl (C=O) groups excluding carboxylic acids is 1. The average molecular weight is 228 g/mol. The number of likely N-dealkylation sites (tertiary alicyclic amines) is 1. The third-order valence-corrected chi connectivity index (χ3v) is 3.21. The molecule has 1 amide bonds. The molecule has 1 atom stereocenters. The smallest absolute Gasteiger partial charge is 0.310 e. The van der Waals surface area contributed by atoms with Crippen LogP contribution in [0.15, 0.2) is 0 Å². The second-order valence-corrected chi connectivity index (χ2v) is 4.93. The largest absolute Gasteiger partial charge is 0.481 e. The molecule has 5 nitrogen and oxygen atoms in total. The summed E-state index contributed by atoms with van der Waals surface area (Å²) >= 11 is 0. The van der Waals surface area contributed by atoms with E-state index in [0.29, 0.717) is 25.9 Å². The lowest BCUT2D eigenvalue weighted by Gasteiger charge is -2.20. The molecule has 1 unspecified atom stereocenters. The van der Waals surface area contributed by atoms with Crippen LogP contribution in [0.5, 0.6) is 0 Å². The Labute approximate surface area is 96.0 Å². The zero-order chi connectivity index (χ0) is 12.3. The van der Waals surface area contributed by atoms with E-state index in [4.69, 9.17) is 5.11 Å². The van der Waals surface area contributed by atoms with E-state index in [2.05, 4.69) is 4.90 Å². The molecule has 1 rings (SSSR count). The van der Waals surface area contributed by atoms with Gasteiger partial charge in [0.15, 0.2) is 0 Å². The molecule has 1 N–H and O–H groups in total. The van der Waals surface area contributed by atoms with Crippen LogP contribution in [0.3, 0.4) is 0 Å². The molecule has 0 aliphatic carbocycles. The first-order valence-electron chi connectivity index (χ1n) is 5.51. The van der Waals surface area contributed by atoms with Crippen molar-refractivity contribution in [2.24, 2.45) is 5.41 Å². The molecular formula is C11H20N2O3. The Balaban J connectivity index is 2.38. The summed E-state index contributed by atoms with van der Waals surface area (Å²) in [5.41, 5.74) is -0.638. The minimum atomic E-state index is -0.742. The number of hydrogen-bond acceptors (Lipinski definition) is 3. The summed E-state index contributed by atoms with van der Waals surface area (Å²) in [4.78, 5) is 26.0. The molecule has 1 aliphatic rings. The minimum Gasteiger partial charge on any atom is -0.481 e. The van der Waals surface area contributed by atoms with Crippen LogP contribution in [0.25, 0.3) is 0 Å². The first-order chi connectivity index (χ1) is 7.35. The van der Waals surface area contributed by atoms with E-state index in [1.54, 1.807) is 25.9 Å². The van der Waals surface area contributed by atoms with Crippen LogP contribution in [0.2, 0.25) is 0 Å². The van der Waals surface area contributed by atoms with Crippen LogP contribution in [0.1, 0.15) is 19.8 Å². The van der Waals surface area contributed by atoms with Gasteiger partial charge >= 0.3 is 5.97 Å². The number of carboxylic acids is 1. The lowest BCUT2D eigenvalue weighted by Crippen LogP contribution is -2.33. The Hall–Kier alpha value is -1.10. The van der Waals surface area contributed by atoms with E-state index in [0.717, 1.165) is 6.54 Å². The molecule has 0 spiro atoms. The summed E-state index contributed by atoms with van der Waals surface area (Å²) in [6.07, 6.45) is 1.13. The molecule has 0 radical (unpaired) electrons. The molecule has 1 aliphatic heterocycles. The summed E-state index contributed by atoms with van der Waals surface area (Å²) in [5.74, 6) is -0.655. The lowest BCUT2D eigenvalue weighted by atomic mass is 9.90. The van der Waals surface area contributed by atoms with Gasteiger partial charge in [-0.25, -0.2) is 0 Å². The SMILES string of the molecule is CN(C)C(=O)CCN1CCC(C)(C(=O)O)C1. The molecule has 0 aromatic rings. The third-order valence-electron chi connectivity index (χ3n) is 3.21. The minimum absolute atomic E-state index is 0.0870. The summed E-state index contributed by atoms with van der Waals surface area (Å²) in [5, 5.41) is 9.05. The van der Waals surface area contributed by atoms with E-state index in [9.17, 15) is 9.59 Å². The Bertz CT molecular complexity index is 291. The molecule has 1 heterocycles. The van der Waals surface area contributed by atoms with Gasteiger partial charge in [0.05, 0.1) is 5.41 Å². The van der Waals surface area contributed by atoms with Crippen molar-refractivity contribution in [2.45, 2.75) is 19.8 Å². The maximum Gasteiger partial charge on any atom is 0.310 e. The number of nitrogens with zero attached hydrogens (tertiary/aromatic N) is 2. The van der Waals surface area contributed by atoms with Gasteiger partial charge in [-0.3, -0.25) is 9.59 Å². The van der Waals surface area contributed by atoms with Crippen LogP contribution in [0.4, 0.5) is 0 Å². The van der Waals surface area contributed by atoms with E-state index in [-0.39, 0.29) is 5.91 Å². The van der Waals surface area contributed by atoms with Crippen molar-refractivity contribution in [1.29, 1.82) is 0 Å². The Kier molecular flexibility index (Phi) is 3.91. The van der Waals surface area contributed by atoms with Gasteiger partial charge in [0.1, 0.15) is 0 Å². The summed E-state index contributed by atoms with van der Waals surface area (Å²) in [7, 11) is 3.46. The third kappa shape index (κ3) is 2.95. The van der Waals surface area contributed by atoms with Crippen molar-refractivity contribution in [3.63, 3.8) is 0 Å². The highest BCUT2D eigenvalue weighted by Crippen LogP contribution is 2.29. The highest BCUT2D eigenvalue weighted by molar-refractivity contribution is 5.76. The van der Waals surface area contributed by atoms with Gasteiger partial charge < -0.3 is 14.9 Å². The van der Waals surface area contributed by atoms with Crippen LogP contribution >= 0.6 is 0 Å². The standard InChI is InChI=1S/C11H20N2O3/c1-11(10(15)16)5-7-13(8-11)6-4-9(14)12(2)3/h4-8H2,1-3H3,(H,15,16). The van der Waals surface area contributed by atoms with E-state index < -0.39 is 11.4 Å². The molecule has 5 heteroatoms. The molecule has 1 fully saturated rings. The number of carboxylic acid groups (broad SMARTS) is 1.